The maximum atomic E-state index is 11.1. The Hall–Kier alpha value is -0.340. The normalized spacial score (nSPS) is 47.9. The number of fused-ring (bicyclic) bond motifs is 5. The molecule has 2 nitrogen and oxygen atoms in total. The third-order valence-corrected chi connectivity index (χ3v) is 10.3. The van der Waals surface area contributed by atoms with Crippen LogP contribution in [0.2, 0.25) is 0 Å². The Kier molecular flexibility index (Phi) is 6.01. The molecule has 0 bridgehead atoms. The summed E-state index contributed by atoms with van der Waals surface area (Å²) in [7, 11) is 0. The van der Waals surface area contributed by atoms with E-state index in [-0.39, 0.29) is 23.5 Å². The van der Waals surface area contributed by atoms with Gasteiger partial charge in [0.15, 0.2) is 0 Å². The van der Waals surface area contributed by atoms with Gasteiger partial charge in [0.25, 0.3) is 0 Å². The van der Waals surface area contributed by atoms with Gasteiger partial charge in [0, 0.05) is 0 Å². The maximum absolute atomic E-state index is 11.1. The van der Waals surface area contributed by atoms with Gasteiger partial charge < -0.3 is 10.2 Å². The minimum absolute atomic E-state index is 0.186. The van der Waals surface area contributed by atoms with Gasteiger partial charge in [0.05, 0.1) is 12.2 Å². The van der Waals surface area contributed by atoms with Crippen LogP contribution in [0.15, 0.2) is 11.6 Å². The van der Waals surface area contributed by atoms with Crippen molar-refractivity contribution in [2.75, 3.05) is 0 Å². The third kappa shape index (κ3) is 3.65. The Balaban J connectivity index is 1.54. The summed E-state index contributed by atoms with van der Waals surface area (Å²) in [5, 5.41) is 21.3. The molecule has 4 aliphatic rings. The van der Waals surface area contributed by atoms with Crippen molar-refractivity contribution in [3.63, 3.8) is 0 Å². The van der Waals surface area contributed by atoms with Gasteiger partial charge in [-0.15, -0.1) is 0 Å². The number of allylic oxidation sites excluding steroid dienone is 1. The Labute approximate surface area is 179 Å². The zero-order valence-electron chi connectivity index (χ0n) is 19.7. The van der Waals surface area contributed by atoms with Crippen molar-refractivity contribution >= 4 is 0 Å². The summed E-state index contributed by atoms with van der Waals surface area (Å²) in [4.78, 5) is 0. The second kappa shape index (κ2) is 7.97. The molecule has 0 heterocycles. The van der Waals surface area contributed by atoms with Crippen LogP contribution in [0, 0.1) is 46.3 Å². The molecule has 0 aromatic carbocycles. The number of aliphatic hydroxyl groups excluding tert-OH is 2. The quantitative estimate of drug-likeness (QED) is 0.525. The maximum Gasteiger partial charge on any atom is 0.0758 e. The van der Waals surface area contributed by atoms with Gasteiger partial charge >= 0.3 is 0 Å². The standard InChI is InChI=1S/C27H46O2/c1-17(2)7-6-8-18(3)21-9-10-22-20-16-25(29)24-15-19(28)11-13-27(24,5)23(20)12-14-26(21,22)4/h16-19,21-25,28-29H,6-15H2,1-5H3/t18-,19?,21-,22+,23+,24?,25?,26-,27-/m1/s1. The summed E-state index contributed by atoms with van der Waals surface area (Å²) in [6.45, 7) is 12.2. The minimum atomic E-state index is -0.355. The Morgan fingerprint density at radius 3 is 2.34 bits per heavy atom. The van der Waals surface area contributed by atoms with Gasteiger partial charge in [0.2, 0.25) is 0 Å². The van der Waals surface area contributed by atoms with E-state index in [2.05, 4.69) is 40.7 Å². The molecule has 3 unspecified atom stereocenters. The van der Waals surface area contributed by atoms with E-state index < -0.39 is 0 Å². The van der Waals surface area contributed by atoms with Gasteiger partial charge in [-0.2, -0.15) is 0 Å². The fourth-order valence-electron chi connectivity index (χ4n) is 8.58. The second-order valence-electron chi connectivity index (χ2n) is 12.3. The SMILES string of the molecule is CC(C)CCC[C@@H](C)[C@H]1CC[C@H]2C3=CC(O)C4CC(O)CC[C@]4(C)[C@H]3CC[C@]12C. The van der Waals surface area contributed by atoms with E-state index in [9.17, 15) is 10.2 Å². The van der Waals surface area contributed by atoms with E-state index >= 15 is 0 Å². The van der Waals surface area contributed by atoms with Crippen LogP contribution in [0.1, 0.15) is 98.8 Å². The molecule has 3 saturated carbocycles. The molecule has 2 N–H and O–H groups in total. The molecule has 0 radical (unpaired) electrons. The fourth-order valence-corrected chi connectivity index (χ4v) is 8.58. The zero-order valence-corrected chi connectivity index (χ0v) is 19.7. The average Bonchev–Trinajstić information content (AvgIpc) is 3.00. The number of hydrogen-bond acceptors (Lipinski definition) is 2. The van der Waals surface area contributed by atoms with Crippen LogP contribution in [0.3, 0.4) is 0 Å². The molecule has 0 aromatic heterocycles. The lowest BCUT2D eigenvalue weighted by Gasteiger charge is -2.58. The first-order valence-corrected chi connectivity index (χ1v) is 12.7. The molecule has 0 saturated heterocycles. The Morgan fingerprint density at radius 2 is 1.62 bits per heavy atom. The van der Waals surface area contributed by atoms with E-state index in [4.69, 9.17) is 0 Å². The molecule has 4 rings (SSSR count). The zero-order chi connectivity index (χ0) is 21.0. The van der Waals surface area contributed by atoms with E-state index in [1.54, 1.807) is 5.57 Å². The number of rotatable bonds is 5. The smallest absolute Gasteiger partial charge is 0.0758 e. The van der Waals surface area contributed by atoms with Crippen LogP contribution in [0.4, 0.5) is 0 Å². The van der Waals surface area contributed by atoms with Crippen LogP contribution < -0.4 is 0 Å². The molecule has 29 heavy (non-hydrogen) atoms. The fraction of sp³-hybridized carbons (Fsp3) is 0.926. The first kappa shape index (κ1) is 21.9. The molecule has 166 valence electrons. The molecular weight excluding hydrogens is 356 g/mol. The minimum Gasteiger partial charge on any atom is -0.393 e. The molecule has 3 fully saturated rings. The van der Waals surface area contributed by atoms with Crippen molar-refractivity contribution in [1.29, 1.82) is 0 Å². The highest BCUT2D eigenvalue weighted by Crippen LogP contribution is 2.66. The molecular formula is C27H46O2. The van der Waals surface area contributed by atoms with E-state index in [1.165, 1.54) is 44.9 Å². The summed E-state index contributed by atoms with van der Waals surface area (Å²) in [5.74, 6) is 4.05. The van der Waals surface area contributed by atoms with Crippen LogP contribution >= 0.6 is 0 Å². The second-order valence-corrected chi connectivity index (χ2v) is 12.3. The molecule has 0 aliphatic heterocycles. The summed E-state index contributed by atoms with van der Waals surface area (Å²) in [6, 6.07) is 0. The monoisotopic (exact) mass is 402 g/mol. The highest BCUT2D eigenvalue weighted by atomic mass is 16.3. The summed E-state index contributed by atoms with van der Waals surface area (Å²) >= 11 is 0. The van der Waals surface area contributed by atoms with Crippen molar-refractivity contribution in [2.24, 2.45) is 46.3 Å². The molecule has 4 aliphatic carbocycles. The average molecular weight is 403 g/mol. The van der Waals surface area contributed by atoms with Gasteiger partial charge in [-0.25, -0.2) is 0 Å². The highest BCUT2D eigenvalue weighted by molar-refractivity contribution is 5.29. The predicted molar refractivity (Wildman–Crippen MR) is 120 cm³/mol. The van der Waals surface area contributed by atoms with Crippen molar-refractivity contribution in [2.45, 2.75) is 111 Å². The van der Waals surface area contributed by atoms with Gasteiger partial charge in [-0.1, -0.05) is 65.5 Å². The number of hydrogen-bond donors (Lipinski definition) is 2. The van der Waals surface area contributed by atoms with Crippen molar-refractivity contribution in [3.05, 3.63) is 11.6 Å². The summed E-state index contributed by atoms with van der Waals surface area (Å²) in [5.41, 5.74) is 2.24. The van der Waals surface area contributed by atoms with Crippen LogP contribution in [-0.4, -0.2) is 22.4 Å². The highest BCUT2D eigenvalue weighted by Gasteiger charge is 2.59. The lowest BCUT2D eigenvalue weighted by atomic mass is 9.47. The molecule has 9 atom stereocenters. The largest absolute Gasteiger partial charge is 0.393 e. The molecule has 0 spiro atoms. The Morgan fingerprint density at radius 1 is 0.931 bits per heavy atom. The molecule has 0 amide bonds. The number of aliphatic hydroxyl groups is 2. The van der Waals surface area contributed by atoms with E-state index in [0.717, 1.165) is 37.0 Å². The lowest BCUT2D eigenvalue weighted by Crippen LogP contribution is -2.53. The Bertz CT molecular complexity index is 624. The molecule has 0 aromatic rings. The predicted octanol–water partition coefficient (Wildman–Crippen LogP) is 6.36. The van der Waals surface area contributed by atoms with Gasteiger partial charge in [-0.05, 0) is 91.3 Å². The first-order valence-electron chi connectivity index (χ1n) is 12.7. The van der Waals surface area contributed by atoms with Crippen molar-refractivity contribution in [3.8, 4) is 0 Å². The lowest BCUT2D eigenvalue weighted by molar-refractivity contribution is -0.0835. The topological polar surface area (TPSA) is 40.5 Å². The van der Waals surface area contributed by atoms with Crippen LogP contribution in [0.25, 0.3) is 0 Å². The third-order valence-electron chi connectivity index (χ3n) is 10.3. The van der Waals surface area contributed by atoms with Crippen LogP contribution in [-0.2, 0) is 0 Å². The van der Waals surface area contributed by atoms with E-state index in [1.807, 2.05) is 0 Å². The van der Waals surface area contributed by atoms with E-state index in [0.29, 0.717) is 17.3 Å². The molecule has 2 heteroatoms. The van der Waals surface area contributed by atoms with Crippen molar-refractivity contribution in [1.82, 2.24) is 0 Å². The first-order chi connectivity index (χ1) is 13.7. The van der Waals surface area contributed by atoms with Crippen molar-refractivity contribution < 1.29 is 10.2 Å². The van der Waals surface area contributed by atoms with Gasteiger partial charge in [-0.3, -0.25) is 0 Å². The summed E-state index contributed by atoms with van der Waals surface area (Å²) < 4.78 is 0. The van der Waals surface area contributed by atoms with Gasteiger partial charge in [0.1, 0.15) is 0 Å². The van der Waals surface area contributed by atoms with Crippen LogP contribution in [0.5, 0.6) is 0 Å². The summed E-state index contributed by atoms with van der Waals surface area (Å²) in [6.07, 6.45) is 14.0.